The molecule has 0 N–H and O–H groups in total. The molecule has 0 fully saturated rings. The van der Waals surface area contributed by atoms with Gasteiger partial charge in [0.2, 0.25) is 0 Å². The van der Waals surface area contributed by atoms with Crippen molar-refractivity contribution in [2.24, 2.45) is 0 Å². The van der Waals surface area contributed by atoms with E-state index in [9.17, 15) is 8.78 Å². The maximum absolute atomic E-state index is 14.0. The molecule has 0 saturated heterocycles. The highest BCUT2D eigenvalue weighted by Gasteiger charge is 2.24. The van der Waals surface area contributed by atoms with Crippen LogP contribution in [0.1, 0.15) is 5.56 Å². The third-order valence-corrected chi connectivity index (χ3v) is 4.92. The number of hydrogen-bond acceptors (Lipinski definition) is 2. The Bertz CT molecular complexity index is 1170. The molecule has 1 aliphatic heterocycles. The minimum atomic E-state index is -0.342. The number of ether oxygens (including phenoxy) is 1. The Labute approximate surface area is 161 Å². The normalized spacial score (nSPS) is 12.1. The van der Waals surface area contributed by atoms with E-state index in [1.54, 1.807) is 18.2 Å². The predicted octanol–water partition coefficient (Wildman–Crippen LogP) is 6.25. The topological polar surface area (TPSA) is 22.1 Å². The van der Waals surface area contributed by atoms with E-state index < -0.39 is 0 Å². The Hall–Kier alpha value is -3.53. The zero-order valence-electron chi connectivity index (χ0n) is 14.8. The van der Waals surface area contributed by atoms with Gasteiger partial charge in [0.1, 0.15) is 24.0 Å². The molecule has 2 nitrogen and oxygen atoms in total. The molecule has 28 heavy (non-hydrogen) atoms. The summed E-state index contributed by atoms with van der Waals surface area (Å²) < 4.78 is 33.3. The summed E-state index contributed by atoms with van der Waals surface area (Å²) in [7, 11) is 0. The van der Waals surface area contributed by atoms with Crippen molar-refractivity contribution < 1.29 is 13.5 Å². The zero-order chi connectivity index (χ0) is 19.1. The smallest absolute Gasteiger partial charge is 0.129 e. The third-order valence-electron chi connectivity index (χ3n) is 4.92. The maximum Gasteiger partial charge on any atom is 0.129 e. The lowest BCUT2D eigenvalue weighted by atomic mass is 9.92. The Balaban J connectivity index is 1.80. The van der Waals surface area contributed by atoms with Crippen LogP contribution in [0, 0.1) is 11.6 Å². The van der Waals surface area contributed by atoms with E-state index in [2.05, 4.69) is 0 Å². The summed E-state index contributed by atoms with van der Waals surface area (Å²) in [5.41, 5.74) is 5.68. The van der Waals surface area contributed by atoms with Crippen LogP contribution in [0.2, 0.25) is 0 Å². The Morgan fingerprint density at radius 3 is 2.25 bits per heavy atom. The molecule has 0 radical (unpaired) electrons. The SMILES string of the molecule is Fc1ccc(-c2cc(-c3ccccc3)nc3c2COc2ccc(F)cc2-3)cc1. The summed E-state index contributed by atoms with van der Waals surface area (Å²) in [6.45, 7) is 0.322. The number of benzene rings is 3. The molecule has 0 bridgehead atoms. The molecule has 0 spiro atoms. The summed E-state index contributed by atoms with van der Waals surface area (Å²) in [6, 6.07) is 22.6. The standard InChI is InChI=1S/C24H15F2NO/c25-17-8-6-15(7-9-17)19-13-22(16-4-2-1-3-5-16)27-24-20-12-18(26)10-11-23(20)28-14-21(19)24/h1-13H,14H2. The molecule has 0 amide bonds. The largest absolute Gasteiger partial charge is 0.488 e. The van der Waals surface area contributed by atoms with Gasteiger partial charge in [0.05, 0.1) is 11.4 Å². The number of hydrogen-bond donors (Lipinski definition) is 0. The highest BCUT2D eigenvalue weighted by Crippen LogP contribution is 2.42. The molecule has 0 saturated carbocycles. The average molecular weight is 371 g/mol. The van der Waals surface area contributed by atoms with Crippen molar-refractivity contribution in [1.29, 1.82) is 0 Å². The van der Waals surface area contributed by atoms with E-state index in [4.69, 9.17) is 9.72 Å². The first-order valence-corrected chi connectivity index (χ1v) is 8.97. The van der Waals surface area contributed by atoms with Crippen molar-refractivity contribution in [1.82, 2.24) is 4.98 Å². The van der Waals surface area contributed by atoms with E-state index in [1.165, 1.54) is 24.3 Å². The van der Waals surface area contributed by atoms with Gasteiger partial charge in [-0.1, -0.05) is 42.5 Å². The van der Waals surface area contributed by atoms with Crippen molar-refractivity contribution in [3.63, 3.8) is 0 Å². The number of pyridine rings is 1. The molecule has 0 aliphatic carbocycles. The fraction of sp³-hybridized carbons (Fsp3) is 0.0417. The van der Waals surface area contributed by atoms with Gasteiger partial charge in [-0.15, -0.1) is 0 Å². The number of aromatic nitrogens is 1. The number of halogens is 2. The third kappa shape index (κ3) is 2.83. The summed E-state index contributed by atoms with van der Waals surface area (Å²) in [5, 5.41) is 0. The van der Waals surface area contributed by atoms with E-state index >= 15 is 0 Å². The van der Waals surface area contributed by atoms with Crippen molar-refractivity contribution in [3.8, 4) is 39.4 Å². The first kappa shape index (κ1) is 16.6. The summed E-state index contributed by atoms with van der Waals surface area (Å²) in [6.07, 6.45) is 0. The van der Waals surface area contributed by atoms with Gasteiger partial charge >= 0.3 is 0 Å². The second-order valence-electron chi connectivity index (χ2n) is 6.68. The first-order chi connectivity index (χ1) is 13.7. The van der Waals surface area contributed by atoms with Gasteiger partial charge in [-0.2, -0.15) is 0 Å². The monoisotopic (exact) mass is 371 g/mol. The minimum absolute atomic E-state index is 0.293. The minimum Gasteiger partial charge on any atom is -0.488 e. The molecule has 2 heterocycles. The quantitative estimate of drug-likeness (QED) is 0.415. The Kier molecular flexibility index (Phi) is 3.90. The van der Waals surface area contributed by atoms with Crippen LogP contribution in [-0.2, 0) is 6.61 Å². The molecule has 136 valence electrons. The van der Waals surface area contributed by atoms with Gasteiger partial charge in [-0.25, -0.2) is 13.8 Å². The van der Waals surface area contributed by atoms with Gasteiger partial charge in [0.25, 0.3) is 0 Å². The van der Waals surface area contributed by atoms with Crippen LogP contribution >= 0.6 is 0 Å². The lowest BCUT2D eigenvalue weighted by Gasteiger charge is -2.23. The number of nitrogens with zero attached hydrogens (tertiary/aromatic N) is 1. The fourth-order valence-electron chi connectivity index (χ4n) is 3.55. The maximum atomic E-state index is 14.0. The van der Waals surface area contributed by atoms with Crippen molar-refractivity contribution >= 4 is 0 Å². The van der Waals surface area contributed by atoms with Gasteiger partial charge < -0.3 is 4.74 Å². The Morgan fingerprint density at radius 2 is 1.46 bits per heavy atom. The first-order valence-electron chi connectivity index (χ1n) is 8.97. The molecule has 4 heteroatoms. The van der Waals surface area contributed by atoms with E-state index in [0.717, 1.165) is 27.9 Å². The highest BCUT2D eigenvalue weighted by molar-refractivity contribution is 5.83. The lowest BCUT2D eigenvalue weighted by Crippen LogP contribution is -2.10. The van der Waals surface area contributed by atoms with Crippen LogP contribution < -0.4 is 4.74 Å². The van der Waals surface area contributed by atoms with Gasteiger partial charge in [-0.3, -0.25) is 0 Å². The predicted molar refractivity (Wildman–Crippen MR) is 105 cm³/mol. The molecule has 0 atom stereocenters. The molecule has 4 aromatic rings. The summed E-state index contributed by atoms with van der Waals surface area (Å²) >= 11 is 0. The molecule has 5 rings (SSSR count). The van der Waals surface area contributed by atoms with Gasteiger partial charge in [0, 0.05) is 16.7 Å². The van der Waals surface area contributed by atoms with Gasteiger partial charge in [0.15, 0.2) is 0 Å². The highest BCUT2D eigenvalue weighted by atomic mass is 19.1. The Morgan fingerprint density at radius 1 is 0.714 bits per heavy atom. The molecule has 0 unspecified atom stereocenters. The molecule has 1 aromatic heterocycles. The van der Waals surface area contributed by atoms with Gasteiger partial charge in [-0.05, 0) is 47.5 Å². The number of fused-ring (bicyclic) bond motifs is 3. The summed E-state index contributed by atoms with van der Waals surface area (Å²) in [4.78, 5) is 4.85. The number of rotatable bonds is 2. The van der Waals surface area contributed by atoms with Crippen LogP contribution in [0.25, 0.3) is 33.6 Å². The van der Waals surface area contributed by atoms with Crippen LogP contribution in [0.5, 0.6) is 5.75 Å². The average Bonchev–Trinajstić information content (AvgIpc) is 2.74. The summed E-state index contributed by atoms with van der Waals surface area (Å²) in [5.74, 6) is -0.0271. The van der Waals surface area contributed by atoms with Crippen molar-refractivity contribution in [3.05, 3.63) is 96.1 Å². The van der Waals surface area contributed by atoms with Crippen LogP contribution in [0.15, 0.2) is 78.9 Å². The van der Waals surface area contributed by atoms with Crippen LogP contribution in [-0.4, -0.2) is 4.98 Å². The van der Waals surface area contributed by atoms with Crippen molar-refractivity contribution in [2.45, 2.75) is 6.61 Å². The second kappa shape index (κ2) is 6.57. The van der Waals surface area contributed by atoms with Crippen LogP contribution in [0.4, 0.5) is 8.78 Å². The molecule has 1 aliphatic rings. The molecular weight excluding hydrogens is 356 g/mol. The lowest BCUT2D eigenvalue weighted by molar-refractivity contribution is 0.301. The van der Waals surface area contributed by atoms with Crippen LogP contribution in [0.3, 0.4) is 0 Å². The fourth-order valence-corrected chi connectivity index (χ4v) is 3.55. The van der Waals surface area contributed by atoms with E-state index in [0.29, 0.717) is 23.6 Å². The van der Waals surface area contributed by atoms with E-state index in [1.807, 2.05) is 36.4 Å². The van der Waals surface area contributed by atoms with Crippen molar-refractivity contribution in [2.75, 3.05) is 0 Å². The molecule has 3 aromatic carbocycles. The molecular formula is C24H15F2NO. The second-order valence-corrected chi connectivity index (χ2v) is 6.68. The zero-order valence-corrected chi connectivity index (χ0v) is 14.8. The van der Waals surface area contributed by atoms with E-state index in [-0.39, 0.29) is 11.6 Å².